The second-order valence-electron chi connectivity index (χ2n) is 6.10. The number of aryl methyl sites for hydroxylation is 2. The van der Waals surface area contributed by atoms with E-state index in [-0.39, 0.29) is 18.2 Å². The van der Waals surface area contributed by atoms with E-state index in [9.17, 15) is 9.59 Å². The van der Waals surface area contributed by atoms with Gasteiger partial charge in [-0.25, -0.2) is 0 Å². The Kier molecular flexibility index (Phi) is 7.22. The molecule has 5 heteroatoms. The topological polar surface area (TPSA) is 49.4 Å². The lowest BCUT2D eigenvalue weighted by Gasteiger charge is -2.21. The quantitative estimate of drug-likeness (QED) is 0.755. The monoisotopic (exact) mass is 372 g/mol. The van der Waals surface area contributed by atoms with Crippen molar-refractivity contribution in [3.8, 4) is 0 Å². The minimum Gasteiger partial charge on any atom is -0.326 e. The molecule has 1 N–H and O–H groups in total. The molecule has 4 nitrogen and oxygen atoms in total. The number of nitrogens with one attached hydrogen (secondary N) is 1. The standard InChI is InChI=1S/C21H25ClN2O2/c1-4-16-7-6-8-17(5-2)21(16)23-20(26)13-14-24(15(3)25)19-11-9-18(22)10-12-19/h6-12H,4-5,13-14H2,1-3H3,(H,23,26). The summed E-state index contributed by atoms with van der Waals surface area (Å²) in [7, 11) is 0. The van der Waals surface area contributed by atoms with Crippen molar-refractivity contribution in [2.75, 3.05) is 16.8 Å². The molecule has 2 amide bonds. The third-order valence-corrected chi connectivity index (χ3v) is 4.60. The summed E-state index contributed by atoms with van der Waals surface area (Å²) in [6.45, 7) is 5.96. The van der Waals surface area contributed by atoms with E-state index in [1.54, 1.807) is 29.2 Å². The van der Waals surface area contributed by atoms with Gasteiger partial charge in [-0.1, -0.05) is 43.6 Å². The van der Waals surface area contributed by atoms with Gasteiger partial charge in [0.25, 0.3) is 0 Å². The molecule has 0 saturated carbocycles. The molecule has 0 bridgehead atoms. The van der Waals surface area contributed by atoms with Crippen LogP contribution in [0.1, 0.15) is 38.3 Å². The third-order valence-electron chi connectivity index (χ3n) is 4.34. The van der Waals surface area contributed by atoms with Crippen LogP contribution in [0.3, 0.4) is 0 Å². The molecule has 2 aromatic rings. The first-order chi connectivity index (χ1) is 12.5. The van der Waals surface area contributed by atoms with Gasteiger partial charge in [-0.15, -0.1) is 0 Å². The predicted octanol–water partition coefficient (Wildman–Crippen LogP) is 4.85. The highest BCUT2D eigenvalue weighted by molar-refractivity contribution is 6.30. The number of hydrogen-bond donors (Lipinski definition) is 1. The van der Waals surface area contributed by atoms with Crippen LogP contribution >= 0.6 is 11.6 Å². The molecule has 0 aliphatic rings. The van der Waals surface area contributed by atoms with Crippen LogP contribution in [-0.4, -0.2) is 18.4 Å². The fourth-order valence-corrected chi connectivity index (χ4v) is 3.03. The summed E-state index contributed by atoms with van der Waals surface area (Å²) in [5.74, 6) is -0.204. The second-order valence-corrected chi connectivity index (χ2v) is 6.54. The molecule has 0 saturated heterocycles. The zero-order valence-corrected chi connectivity index (χ0v) is 16.3. The molecule has 0 radical (unpaired) electrons. The molecular weight excluding hydrogens is 348 g/mol. The van der Waals surface area contributed by atoms with Gasteiger partial charge in [-0.3, -0.25) is 9.59 Å². The molecular formula is C21H25ClN2O2. The largest absolute Gasteiger partial charge is 0.326 e. The second kappa shape index (κ2) is 9.39. The molecule has 0 atom stereocenters. The Morgan fingerprint density at radius 2 is 1.58 bits per heavy atom. The maximum Gasteiger partial charge on any atom is 0.226 e. The lowest BCUT2D eigenvalue weighted by molar-refractivity contribution is -0.117. The van der Waals surface area contributed by atoms with Crippen molar-refractivity contribution < 1.29 is 9.59 Å². The molecule has 138 valence electrons. The molecule has 0 spiro atoms. The van der Waals surface area contributed by atoms with E-state index >= 15 is 0 Å². The number of carbonyl (C=O) groups is 2. The van der Waals surface area contributed by atoms with Gasteiger partial charge in [0.2, 0.25) is 11.8 Å². The molecule has 26 heavy (non-hydrogen) atoms. The van der Waals surface area contributed by atoms with Crippen LogP contribution in [0.2, 0.25) is 5.02 Å². The van der Waals surface area contributed by atoms with Crippen molar-refractivity contribution in [2.45, 2.75) is 40.0 Å². The smallest absolute Gasteiger partial charge is 0.226 e. The number of halogens is 1. The minimum atomic E-state index is -0.108. The van der Waals surface area contributed by atoms with Crippen LogP contribution in [0.4, 0.5) is 11.4 Å². The summed E-state index contributed by atoms with van der Waals surface area (Å²) < 4.78 is 0. The molecule has 2 aromatic carbocycles. The number of anilines is 2. The van der Waals surface area contributed by atoms with Crippen molar-refractivity contribution in [3.05, 3.63) is 58.6 Å². The Balaban J connectivity index is 2.07. The Hall–Kier alpha value is -2.33. The van der Waals surface area contributed by atoms with Crippen LogP contribution in [0.25, 0.3) is 0 Å². The third kappa shape index (κ3) is 5.09. The van der Waals surface area contributed by atoms with Crippen LogP contribution in [0.5, 0.6) is 0 Å². The first-order valence-corrected chi connectivity index (χ1v) is 9.28. The number of rotatable bonds is 7. The summed E-state index contributed by atoms with van der Waals surface area (Å²) in [5, 5.41) is 3.65. The summed E-state index contributed by atoms with van der Waals surface area (Å²) in [5.41, 5.74) is 3.89. The van der Waals surface area contributed by atoms with Crippen LogP contribution < -0.4 is 10.2 Å². The molecule has 0 heterocycles. The lowest BCUT2D eigenvalue weighted by atomic mass is 10.0. The first-order valence-electron chi connectivity index (χ1n) is 8.90. The average molecular weight is 373 g/mol. The van der Waals surface area contributed by atoms with Gasteiger partial charge in [0.05, 0.1) is 0 Å². The minimum absolute atomic E-state index is 0.0965. The maximum atomic E-state index is 12.5. The molecule has 0 aromatic heterocycles. The van der Waals surface area contributed by atoms with Crippen molar-refractivity contribution in [2.24, 2.45) is 0 Å². The number of carbonyl (C=O) groups excluding carboxylic acids is 2. The normalized spacial score (nSPS) is 10.5. The van der Waals surface area contributed by atoms with Gasteiger partial charge in [0.15, 0.2) is 0 Å². The predicted molar refractivity (Wildman–Crippen MR) is 108 cm³/mol. The van der Waals surface area contributed by atoms with Gasteiger partial charge in [-0.05, 0) is 48.2 Å². The van der Waals surface area contributed by atoms with E-state index in [0.29, 0.717) is 11.6 Å². The lowest BCUT2D eigenvalue weighted by Crippen LogP contribution is -2.32. The molecule has 0 fully saturated rings. The number of para-hydroxylation sites is 1. The number of amides is 2. The van der Waals surface area contributed by atoms with Crippen LogP contribution in [0, 0.1) is 0 Å². The summed E-state index contributed by atoms with van der Waals surface area (Å²) in [4.78, 5) is 26.0. The summed E-state index contributed by atoms with van der Waals surface area (Å²) >= 11 is 5.90. The van der Waals surface area contributed by atoms with Gasteiger partial charge >= 0.3 is 0 Å². The number of benzene rings is 2. The van der Waals surface area contributed by atoms with E-state index in [1.807, 2.05) is 18.2 Å². The average Bonchev–Trinajstić information content (AvgIpc) is 2.63. The summed E-state index contributed by atoms with van der Waals surface area (Å²) in [6.07, 6.45) is 1.94. The van der Waals surface area contributed by atoms with E-state index in [4.69, 9.17) is 11.6 Å². The van der Waals surface area contributed by atoms with Crippen molar-refractivity contribution in [1.82, 2.24) is 0 Å². The first kappa shape index (κ1) is 20.0. The van der Waals surface area contributed by atoms with Crippen LogP contribution in [0.15, 0.2) is 42.5 Å². The van der Waals surface area contributed by atoms with Crippen LogP contribution in [-0.2, 0) is 22.4 Å². The van der Waals surface area contributed by atoms with E-state index < -0.39 is 0 Å². The van der Waals surface area contributed by atoms with Crippen molar-refractivity contribution >= 4 is 34.8 Å². The Labute approximate surface area is 160 Å². The highest BCUT2D eigenvalue weighted by Gasteiger charge is 2.15. The van der Waals surface area contributed by atoms with E-state index in [2.05, 4.69) is 19.2 Å². The Bertz CT molecular complexity index is 750. The fourth-order valence-electron chi connectivity index (χ4n) is 2.91. The summed E-state index contributed by atoms with van der Waals surface area (Å²) in [6, 6.07) is 13.1. The van der Waals surface area contributed by atoms with E-state index in [0.717, 1.165) is 35.3 Å². The molecule has 0 aliphatic carbocycles. The molecule has 0 unspecified atom stereocenters. The molecule has 0 aliphatic heterocycles. The van der Waals surface area contributed by atoms with Gasteiger partial charge in [0, 0.05) is 36.3 Å². The molecule has 2 rings (SSSR count). The van der Waals surface area contributed by atoms with E-state index in [1.165, 1.54) is 6.92 Å². The maximum absolute atomic E-state index is 12.5. The Morgan fingerprint density at radius 1 is 1.00 bits per heavy atom. The fraction of sp³-hybridized carbons (Fsp3) is 0.333. The van der Waals surface area contributed by atoms with Gasteiger partial charge in [-0.2, -0.15) is 0 Å². The van der Waals surface area contributed by atoms with Gasteiger partial charge in [0.1, 0.15) is 0 Å². The highest BCUT2D eigenvalue weighted by atomic mass is 35.5. The zero-order valence-electron chi connectivity index (χ0n) is 15.5. The van der Waals surface area contributed by atoms with Crippen molar-refractivity contribution in [1.29, 1.82) is 0 Å². The SMILES string of the molecule is CCc1cccc(CC)c1NC(=O)CCN(C(C)=O)c1ccc(Cl)cc1. The van der Waals surface area contributed by atoms with Gasteiger partial charge < -0.3 is 10.2 Å². The Morgan fingerprint density at radius 3 is 2.08 bits per heavy atom. The zero-order chi connectivity index (χ0) is 19.1. The number of hydrogen-bond acceptors (Lipinski definition) is 2. The highest BCUT2D eigenvalue weighted by Crippen LogP contribution is 2.23. The van der Waals surface area contributed by atoms with Crippen molar-refractivity contribution in [3.63, 3.8) is 0 Å². The number of nitrogens with zero attached hydrogens (tertiary/aromatic N) is 1.